The van der Waals surface area contributed by atoms with Crippen molar-refractivity contribution in [3.8, 4) is 0 Å². The van der Waals surface area contributed by atoms with E-state index >= 15 is 0 Å². The molecule has 0 saturated heterocycles. The van der Waals surface area contributed by atoms with Crippen LogP contribution in [0.1, 0.15) is 103 Å². The van der Waals surface area contributed by atoms with Gasteiger partial charge in [-0.15, -0.1) is 0 Å². The molecule has 0 radical (unpaired) electrons. The molecule has 0 aliphatic rings. The van der Waals surface area contributed by atoms with Gasteiger partial charge in [0.2, 0.25) is 0 Å². The number of hydrogen-bond acceptors (Lipinski definition) is 6. The molecule has 0 heterocycles. The summed E-state index contributed by atoms with van der Waals surface area (Å²) >= 11 is 0. The minimum Gasteiger partial charge on any atom is -0.390 e. The van der Waals surface area contributed by atoms with Crippen molar-refractivity contribution in [3.05, 3.63) is 24.3 Å². The van der Waals surface area contributed by atoms with Gasteiger partial charge in [-0.2, -0.15) is 0 Å². The van der Waals surface area contributed by atoms with E-state index in [1.807, 2.05) is 0 Å². The molecule has 0 aliphatic heterocycles. The minimum absolute atomic E-state index is 0.326. The summed E-state index contributed by atoms with van der Waals surface area (Å²) in [6, 6.07) is 0. The van der Waals surface area contributed by atoms with Gasteiger partial charge in [0.05, 0.1) is 12.2 Å². The highest BCUT2D eigenvalue weighted by Crippen LogP contribution is 2.13. The van der Waals surface area contributed by atoms with Gasteiger partial charge in [-0.1, -0.05) is 88.5 Å². The van der Waals surface area contributed by atoms with Gasteiger partial charge >= 0.3 is 0 Å². The normalized spacial score (nSPS) is 13.9. The highest BCUT2D eigenvalue weighted by atomic mass is 16.3. The van der Waals surface area contributed by atoms with Crippen LogP contribution in [-0.4, -0.2) is 61.7 Å². The van der Waals surface area contributed by atoms with Crippen LogP contribution in [0.3, 0.4) is 0 Å². The topological polar surface area (TPSA) is 117 Å². The Hall–Kier alpha value is -0.760. The molecule has 0 fully saturated rings. The molecule has 0 saturated carbocycles. The first-order valence-electron chi connectivity index (χ1n) is 14.2. The molecular formula is C28H58N4O2. The lowest BCUT2D eigenvalue weighted by Gasteiger charge is -2.07. The van der Waals surface area contributed by atoms with Gasteiger partial charge in [0, 0.05) is 26.2 Å². The highest BCUT2D eigenvalue weighted by molar-refractivity contribution is 4.83. The third kappa shape index (κ3) is 27.5. The average Bonchev–Trinajstić information content (AvgIpc) is 2.85. The monoisotopic (exact) mass is 482 g/mol. The van der Waals surface area contributed by atoms with E-state index in [2.05, 4.69) is 34.9 Å². The van der Waals surface area contributed by atoms with Gasteiger partial charge in [-0.05, 0) is 51.6 Å². The molecule has 6 heteroatoms. The van der Waals surface area contributed by atoms with Crippen LogP contribution >= 0.6 is 0 Å². The van der Waals surface area contributed by atoms with Crippen LogP contribution in [0.2, 0.25) is 0 Å². The number of hydrogen-bond donors (Lipinski definition) is 6. The number of unbranched alkanes of at least 4 members (excludes halogenated alkanes) is 13. The number of aliphatic hydroxyl groups is 2. The van der Waals surface area contributed by atoms with E-state index in [0.717, 1.165) is 25.9 Å². The first-order chi connectivity index (χ1) is 16.7. The fourth-order valence-electron chi connectivity index (χ4n) is 3.84. The fourth-order valence-corrected chi connectivity index (χ4v) is 3.84. The number of allylic oxidation sites excluding steroid dienone is 2. The van der Waals surface area contributed by atoms with Crippen molar-refractivity contribution in [3.63, 3.8) is 0 Å². The van der Waals surface area contributed by atoms with Gasteiger partial charge in [0.1, 0.15) is 0 Å². The summed E-state index contributed by atoms with van der Waals surface area (Å²) in [4.78, 5) is 0. The Morgan fingerprint density at radius 3 is 1.09 bits per heavy atom. The molecule has 34 heavy (non-hydrogen) atoms. The van der Waals surface area contributed by atoms with E-state index in [1.54, 1.807) is 0 Å². The van der Waals surface area contributed by atoms with Gasteiger partial charge in [-0.3, -0.25) is 0 Å². The Balaban J connectivity index is 3.15. The van der Waals surface area contributed by atoms with Crippen LogP contribution < -0.4 is 22.1 Å². The zero-order chi connectivity index (χ0) is 25.0. The van der Waals surface area contributed by atoms with E-state index in [-0.39, 0.29) is 0 Å². The van der Waals surface area contributed by atoms with Crippen molar-refractivity contribution >= 4 is 0 Å². The lowest BCUT2D eigenvalue weighted by atomic mass is 10.0. The Morgan fingerprint density at radius 1 is 0.471 bits per heavy atom. The van der Waals surface area contributed by atoms with E-state index in [1.165, 1.54) is 89.9 Å². The molecule has 0 aromatic rings. The molecule has 2 unspecified atom stereocenters. The van der Waals surface area contributed by atoms with Crippen LogP contribution in [0.4, 0.5) is 0 Å². The maximum atomic E-state index is 9.34. The van der Waals surface area contributed by atoms with Crippen molar-refractivity contribution in [1.82, 2.24) is 10.6 Å². The summed E-state index contributed by atoms with van der Waals surface area (Å²) in [6.07, 6.45) is 29.2. The number of nitrogens with two attached hydrogens (primary N) is 2. The summed E-state index contributed by atoms with van der Waals surface area (Å²) in [5.41, 5.74) is 10.7. The Kier molecular flexibility index (Phi) is 27.8. The molecule has 0 aromatic heterocycles. The summed E-state index contributed by atoms with van der Waals surface area (Å²) in [6.45, 7) is 3.65. The van der Waals surface area contributed by atoms with Gasteiger partial charge in [-0.25, -0.2) is 0 Å². The van der Waals surface area contributed by atoms with Gasteiger partial charge < -0.3 is 32.3 Å². The fraction of sp³-hybridized carbons (Fsp3) is 0.857. The molecule has 0 amide bonds. The van der Waals surface area contributed by atoms with Gasteiger partial charge in [0.25, 0.3) is 0 Å². The smallest absolute Gasteiger partial charge is 0.0786 e. The highest BCUT2D eigenvalue weighted by Gasteiger charge is 1.98. The van der Waals surface area contributed by atoms with Crippen LogP contribution in [0, 0.1) is 0 Å². The summed E-state index contributed by atoms with van der Waals surface area (Å²) in [7, 11) is 0. The molecule has 0 aliphatic carbocycles. The standard InChI is InChI=1S/C28H58N4O2/c29-23-27(33)25-31-21-19-17-15-13-11-9-7-5-3-1-2-4-6-8-10-12-14-16-18-20-22-32-26-28(34)24-30/h15-18,27-28,31-34H,1-14,19-26,29-30H2/b17-15-,18-16-. The SMILES string of the molecule is NCC(O)CNCC/C=C\CCCCCCCCCCCCCC/C=C\CCNCC(O)CN. The number of aliphatic hydroxyl groups excluding tert-OH is 2. The van der Waals surface area contributed by atoms with E-state index in [4.69, 9.17) is 11.5 Å². The van der Waals surface area contributed by atoms with Crippen molar-refractivity contribution in [2.45, 2.75) is 115 Å². The third-order valence-electron chi connectivity index (χ3n) is 6.10. The second-order valence-corrected chi connectivity index (χ2v) is 9.53. The molecule has 0 spiro atoms. The second kappa shape index (κ2) is 28.5. The van der Waals surface area contributed by atoms with Crippen LogP contribution in [0.15, 0.2) is 24.3 Å². The predicted octanol–water partition coefficient (Wildman–Crippen LogP) is 4.16. The molecule has 6 nitrogen and oxygen atoms in total. The zero-order valence-corrected chi connectivity index (χ0v) is 22.1. The van der Waals surface area contributed by atoms with E-state index in [9.17, 15) is 10.2 Å². The summed E-state index contributed by atoms with van der Waals surface area (Å²) in [5.74, 6) is 0. The third-order valence-corrected chi connectivity index (χ3v) is 6.10. The predicted molar refractivity (Wildman–Crippen MR) is 148 cm³/mol. The maximum Gasteiger partial charge on any atom is 0.0786 e. The molecule has 202 valence electrons. The van der Waals surface area contributed by atoms with Crippen LogP contribution in [0.25, 0.3) is 0 Å². The first kappa shape index (κ1) is 33.2. The van der Waals surface area contributed by atoms with Crippen LogP contribution in [-0.2, 0) is 0 Å². The van der Waals surface area contributed by atoms with Crippen LogP contribution in [0.5, 0.6) is 0 Å². The minimum atomic E-state index is -0.420. The molecular weight excluding hydrogens is 424 g/mol. The largest absolute Gasteiger partial charge is 0.390 e. The van der Waals surface area contributed by atoms with E-state index in [0.29, 0.717) is 26.2 Å². The second-order valence-electron chi connectivity index (χ2n) is 9.53. The number of rotatable bonds is 27. The lowest BCUT2D eigenvalue weighted by Crippen LogP contribution is -2.32. The van der Waals surface area contributed by atoms with Crippen molar-refractivity contribution in [2.24, 2.45) is 11.5 Å². The number of nitrogens with one attached hydrogen (secondary N) is 2. The molecule has 2 atom stereocenters. The average molecular weight is 483 g/mol. The summed E-state index contributed by atoms with van der Waals surface area (Å²) < 4.78 is 0. The molecule has 8 N–H and O–H groups in total. The lowest BCUT2D eigenvalue weighted by molar-refractivity contribution is 0.180. The molecule has 0 aromatic carbocycles. The Labute approximate surface area is 211 Å². The van der Waals surface area contributed by atoms with Gasteiger partial charge in [0.15, 0.2) is 0 Å². The quantitative estimate of drug-likeness (QED) is 0.0773. The van der Waals surface area contributed by atoms with Crippen molar-refractivity contribution in [1.29, 1.82) is 0 Å². The molecule has 0 rings (SSSR count). The zero-order valence-electron chi connectivity index (χ0n) is 22.1. The van der Waals surface area contributed by atoms with Crippen molar-refractivity contribution in [2.75, 3.05) is 39.3 Å². The van der Waals surface area contributed by atoms with E-state index < -0.39 is 12.2 Å². The summed E-state index contributed by atoms with van der Waals surface area (Å²) in [5, 5.41) is 25.1. The Morgan fingerprint density at radius 2 is 0.765 bits per heavy atom. The molecule has 0 bridgehead atoms. The Bertz CT molecular complexity index is 406. The van der Waals surface area contributed by atoms with Crippen molar-refractivity contribution < 1.29 is 10.2 Å². The maximum absolute atomic E-state index is 9.34. The first-order valence-corrected chi connectivity index (χ1v) is 14.2.